The third kappa shape index (κ3) is 4.17. The average Bonchev–Trinajstić information content (AvgIpc) is 2.65. The van der Waals surface area contributed by atoms with Crippen LogP contribution in [0.4, 0.5) is 30.5 Å². The topological polar surface area (TPSA) is 66.9 Å². The van der Waals surface area contributed by atoms with Gasteiger partial charge in [0, 0.05) is 23.1 Å². The largest absolute Gasteiger partial charge is 0.322 e. The summed E-state index contributed by atoms with van der Waals surface area (Å²) in [5, 5.41) is 5.58. The fraction of sp³-hybridized carbons (Fsp3) is 0.0556. The molecule has 0 radical (unpaired) electrons. The minimum absolute atomic E-state index is 0.0876. The van der Waals surface area contributed by atoms with Crippen LogP contribution >= 0.6 is 11.6 Å². The molecule has 3 aromatic rings. The standard InChI is InChI=1S/C18H12ClF3N4O/c1-9-2-3-11(19)6-14(9)25-17(27)10-7-23-18(24-8-10)26-13-5-4-12(20)15(21)16(13)22/h2-8H,1H3,(H,25,27)(H,23,24,26). The van der Waals surface area contributed by atoms with Crippen molar-refractivity contribution >= 4 is 34.8 Å². The van der Waals surface area contributed by atoms with E-state index in [9.17, 15) is 18.0 Å². The van der Waals surface area contributed by atoms with E-state index < -0.39 is 23.4 Å². The smallest absolute Gasteiger partial charge is 0.258 e. The average molecular weight is 393 g/mol. The van der Waals surface area contributed by atoms with Crippen molar-refractivity contribution in [3.8, 4) is 0 Å². The van der Waals surface area contributed by atoms with E-state index in [1.807, 2.05) is 6.92 Å². The Balaban J connectivity index is 1.74. The molecular weight excluding hydrogens is 381 g/mol. The summed E-state index contributed by atoms with van der Waals surface area (Å²) in [5.41, 5.74) is 1.17. The van der Waals surface area contributed by atoms with Gasteiger partial charge in [-0.05, 0) is 36.8 Å². The van der Waals surface area contributed by atoms with Gasteiger partial charge in [0.25, 0.3) is 5.91 Å². The number of hydrogen-bond donors (Lipinski definition) is 2. The molecule has 27 heavy (non-hydrogen) atoms. The van der Waals surface area contributed by atoms with Crippen molar-refractivity contribution < 1.29 is 18.0 Å². The minimum Gasteiger partial charge on any atom is -0.322 e. The van der Waals surface area contributed by atoms with E-state index in [0.717, 1.165) is 17.7 Å². The molecule has 0 unspecified atom stereocenters. The molecule has 0 aliphatic heterocycles. The van der Waals surface area contributed by atoms with Crippen LogP contribution < -0.4 is 10.6 Å². The highest BCUT2D eigenvalue weighted by molar-refractivity contribution is 6.31. The molecule has 0 spiro atoms. The van der Waals surface area contributed by atoms with Gasteiger partial charge in [0.1, 0.15) is 0 Å². The van der Waals surface area contributed by atoms with Crippen LogP contribution in [0, 0.1) is 24.4 Å². The molecule has 0 saturated carbocycles. The van der Waals surface area contributed by atoms with Gasteiger partial charge >= 0.3 is 0 Å². The van der Waals surface area contributed by atoms with Crippen LogP contribution in [0.5, 0.6) is 0 Å². The third-order valence-electron chi connectivity index (χ3n) is 3.64. The number of nitrogens with zero attached hydrogens (tertiary/aromatic N) is 2. The molecule has 9 heteroatoms. The van der Waals surface area contributed by atoms with E-state index in [0.29, 0.717) is 10.7 Å². The predicted molar refractivity (Wildman–Crippen MR) is 95.8 cm³/mol. The summed E-state index contributed by atoms with van der Waals surface area (Å²) < 4.78 is 39.8. The summed E-state index contributed by atoms with van der Waals surface area (Å²) in [6.45, 7) is 1.81. The van der Waals surface area contributed by atoms with E-state index >= 15 is 0 Å². The van der Waals surface area contributed by atoms with Gasteiger partial charge in [-0.25, -0.2) is 23.1 Å². The number of halogens is 4. The zero-order valence-electron chi connectivity index (χ0n) is 13.9. The molecule has 2 aromatic carbocycles. The van der Waals surface area contributed by atoms with Crippen LogP contribution in [0.1, 0.15) is 15.9 Å². The normalized spacial score (nSPS) is 10.6. The first-order chi connectivity index (χ1) is 12.8. The van der Waals surface area contributed by atoms with Crippen molar-refractivity contribution in [2.24, 2.45) is 0 Å². The molecule has 1 heterocycles. The predicted octanol–water partition coefficient (Wildman–Crippen LogP) is 4.85. The molecular formula is C18H12ClF3N4O. The van der Waals surface area contributed by atoms with E-state index in [1.165, 1.54) is 12.4 Å². The monoisotopic (exact) mass is 392 g/mol. The van der Waals surface area contributed by atoms with Gasteiger partial charge in [0.2, 0.25) is 5.95 Å². The van der Waals surface area contributed by atoms with E-state index in [1.54, 1.807) is 18.2 Å². The van der Waals surface area contributed by atoms with E-state index in [2.05, 4.69) is 20.6 Å². The Labute approximate surface area is 157 Å². The van der Waals surface area contributed by atoms with Crippen LogP contribution in [-0.4, -0.2) is 15.9 Å². The lowest BCUT2D eigenvalue weighted by Crippen LogP contribution is -2.14. The number of aryl methyl sites for hydroxylation is 1. The number of amides is 1. The molecule has 1 amide bonds. The maximum Gasteiger partial charge on any atom is 0.258 e. The number of anilines is 3. The molecule has 5 nitrogen and oxygen atoms in total. The van der Waals surface area contributed by atoms with Gasteiger partial charge in [0.05, 0.1) is 11.3 Å². The second-order valence-electron chi connectivity index (χ2n) is 5.56. The van der Waals surface area contributed by atoms with Gasteiger partial charge in [-0.3, -0.25) is 4.79 Å². The number of carbonyl (C=O) groups excluding carboxylic acids is 1. The van der Waals surface area contributed by atoms with Crippen molar-refractivity contribution in [2.45, 2.75) is 6.92 Å². The molecule has 0 fully saturated rings. The second kappa shape index (κ2) is 7.63. The van der Waals surface area contributed by atoms with Crippen LogP contribution in [0.3, 0.4) is 0 Å². The van der Waals surface area contributed by atoms with Crippen molar-refractivity contribution in [3.05, 3.63) is 76.3 Å². The molecule has 2 N–H and O–H groups in total. The number of aromatic nitrogens is 2. The SMILES string of the molecule is Cc1ccc(Cl)cc1NC(=O)c1cnc(Nc2ccc(F)c(F)c2F)nc1. The lowest BCUT2D eigenvalue weighted by Gasteiger charge is -2.09. The fourth-order valence-corrected chi connectivity index (χ4v) is 2.35. The van der Waals surface area contributed by atoms with E-state index in [4.69, 9.17) is 11.6 Å². The second-order valence-corrected chi connectivity index (χ2v) is 5.99. The van der Waals surface area contributed by atoms with Gasteiger partial charge < -0.3 is 10.6 Å². The van der Waals surface area contributed by atoms with Gasteiger partial charge in [0.15, 0.2) is 17.5 Å². The Morgan fingerprint density at radius 2 is 1.70 bits per heavy atom. The first kappa shape index (κ1) is 18.7. The molecule has 1 aromatic heterocycles. The Hall–Kier alpha value is -3.13. The lowest BCUT2D eigenvalue weighted by atomic mass is 10.2. The lowest BCUT2D eigenvalue weighted by molar-refractivity contribution is 0.102. The Bertz CT molecular complexity index is 1010. The summed E-state index contributed by atoms with van der Waals surface area (Å²) in [5.74, 6) is -4.85. The van der Waals surface area contributed by atoms with Crippen LogP contribution in [0.15, 0.2) is 42.7 Å². The minimum atomic E-state index is -1.60. The number of hydrogen-bond acceptors (Lipinski definition) is 4. The highest BCUT2D eigenvalue weighted by Crippen LogP contribution is 2.23. The Morgan fingerprint density at radius 3 is 2.41 bits per heavy atom. The van der Waals surface area contributed by atoms with E-state index in [-0.39, 0.29) is 17.2 Å². The van der Waals surface area contributed by atoms with Crippen molar-refractivity contribution in [1.82, 2.24) is 9.97 Å². The molecule has 0 aliphatic rings. The van der Waals surface area contributed by atoms with Crippen LogP contribution in [0.2, 0.25) is 5.02 Å². The maximum atomic E-state index is 13.7. The molecule has 3 rings (SSSR count). The van der Waals surface area contributed by atoms with Gasteiger partial charge in [-0.2, -0.15) is 0 Å². The van der Waals surface area contributed by atoms with Gasteiger partial charge in [-0.1, -0.05) is 17.7 Å². The van der Waals surface area contributed by atoms with Gasteiger partial charge in [-0.15, -0.1) is 0 Å². The van der Waals surface area contributed by atoms with Crippen molar-refractivity contribution in [1.29, 1.82) is 0 Å². The number of carbonyl (C=O) groups is 1. The number of rotatable bonds is 4. The molecule has 138 valence electrons. The Morgan fingerprint density at radius 1 is 1.00 bits per heavy atom. The summed E-state index contributed by atoms with van der Waals surface area (Å²) in [6.07, 6.45) is 2.42. The summed E-state index contributed by atoms with van der Waals surface area (Å²) >= 11 is 5.91. The molecule has 0 atom stereocenters. The van der Waals surface area contributed by atoms with Crippen LogP contribution in [0.25, 0.3) is 0 Å². The maximum absolute atomic E-state index is 13.7. The highest BCUT2D eigenvalue weighted by Gasteiger charge is 2.15. The first-order valence-corrected chi connectivity index (χ1v) is 8.03. The highest BCUT2D eigenvalue weighted by atomic mass is 35.5. The quantitative estimate of drug-likeness (QED) is 0.623. The third-order valence-corrected chi connectivity index (χ3v) is 3.88. The van der Waals surface area contributed by atoms with Crippen molar-refractivity contribution in [3.63, 3.8) is 0 Å². The van der Waals surface area contributed by atoms with Crippen LogP contribution in [-0.2, 0) is 0 Å². The zero-order chi connectivity index (χ0) is 19.6. The first-order valence-electron chi connectivity index (χ1n) is 7.65. The zero-order valence-corrected chi connectivity index (χ0v) is 14.6. The molecule has 0 saturated heterocycles. The number of nitrogens with one attached hydrogen (secondary N) is 2. The number of benzene rings is 2. The summed E-state index contributed by atoms with van der Waals surface area (Å²) in [6, 6.07) is 6.86. The molecule has 0 bridgehead atoms. The Kier molecular flexibility index (Phi) is 5.27. The van der Waals surface area contributed by atoms with Crippen molar-refractivity contribution in [2.75, 3.05) is 10.6 Å². The summed E-state index contributed by atoms with van der Waals surface area (Å²) in [7, 11) is 0. The fourth-order valence-electron chi connectivity index (χ4n) is 2.18. The summed E-state index contributed by atoms with van der Waals surface area (Å²) in [4.78, 5) is 20.0. The molecule has 0 aliphatic carbocycles.